The molecular weight excluding hydrogens is 230 g/mol. The van der Waals surface area contributed by atoms with Crippen LogP contribution in [0.5, 0.6) is 0 Å². The van der Waals surface area contributed by atoms with Crippen LogP contribution in [0.1, 0.15) is 36.2 Å². The normalized spacial score (nSPS) is 21.7. The maximum absolute atomic E-state index is 8.85. The van der Waals surface area contributed by atoms with E-state index < -0.39 is 0 Å². The molecule has 0 saturated carbocycles. The average Bonchev–Trinajstić information content (AvgIpc) is 2.67. The number of halogens is 1. The molecule has 0 saturated heterocycles. The minimum absolute atomic E-state index is 0.248. The highest BCUT2D eigenvalue weighted by Crippen LogP contribution is 2.39. The van der Waals surface area contributed by atoms with E-state index in [1.54, 1.807) is 11.3 Å². The molecule has 15 heavy (non-hydrogen) atoms. The topological polar surface area (TPSA) is 32.3 Å². The third-order valence-electron chi connectivity index (χ3n) is 2.89. The molecule has 2 atom stereocenters. The number of aryl methyl sites for hydroxylation is 1. The van der Waals surface area contributed by atoms with E-state index in [1.165, 1.54) is 10.4 Å². The molecule has 0 bridgehead atoms. The Kier molecular flexibility index (Phi) is 3.67. The number of hydrogen-bond donors (Lipinski definition) is 2. The summed E-state index contributed by atoms with van der Waals surface area (Å²) in [6, 6.07) is 2.88. The van der Waals surface area contributed by atoms with Crippen LogP contribution in [0.2, 0.25) is 4.34 Å². The number of hydrogen-bond acceptors (Lipinski definition) is 3. The summed E-state index contributed by atoms with van der Waals surface area (Å²) in [5.74, 6) is 0. The molecule has 0 amide bonds. The predicted octanol–water partition coefficient (Wildman–Crippen LogP) is 2.75. The second-order valence-electron chi connectivity index (χ2n) is 4.10. The zero-order valence-electron chi connectivity index (χ0n) is 8.79. The fourth-order valence-electron chi connectivity index (χ4n) is 2.12. The standard InChI is InChI=1S/C11H16ClNOS/c1-7(4-5-14)13-9-2-3-10-8(9)6-11(12)15-10/h6-7,9,13-14H,2-5H2,1H3/t7-,9?/m1/s1. The summed E-state index contributed by atoms with van der Waals surface area (Å²) in [5, 5.41) is 12.4. The molecule has 0 aliphatic heterocycles. The van der Waals surface area contributed by atoms with Gasteiger partial charge in [0.25, 0.3) is 0 Å². The molecule has 1 aliphatic carbocycles. The first-order valence-electron chi connectivity index (χ1n) is 5.35. The van der Waals surface area contributed by atoms with Crippen LogP contribution < -0.4 is 5.32 Å². The van der Waals surface area contributed by atoms with Gasteiger partial charge in [0, 0.05) is 23.6 Å². The summed E-state index contributed by atoms with van der Waals surface area (Å²) < 4.78 is 0.890. The zero-order valence-corrected chi connectivity index (χ0v) is 10.4. The van der Waals surface area contributed by atoms with Crippen LogP contribution in [0.4, 0.5) is 0 Å². The maximum Gasteiger partial charge on any atom is 0.0934 e. The molecule has 2 N–H and O–H groups in total. The fraction of sp³-hybridized carbons (Fsp3) is 0.636. The van der Waals surface area contributed by atoms with Crippen molar-refractivity contribution in [3.63, 3.8) is 0 Å². The minimum atomic E-state index is 0.248. The van der Waals surface area contributed by atoms with Gasteiger partial charge < -0.3 is 10.4 Å². The molecule has 2 rings (SSSR count). The molecule has 0 fully saturated rings. The Labute approximate surface area is 99.3 Å². The lowest BCUT2D eigenvalue weighted by molar-refractivity contribution is 0.263. The Morgan fingerprint density at radius 3 is 3.27 bits per heavy atom. The van der Waals surface area contributed by atoms with Crippen LogP contribution in [0.25, 0.3) is 0 Å². The van der Waals surface area contributed by atoms with E-state index in [0.717, 1.165) is 23.6 Å². The molecule has 2 nitrogen and oxygen atoms in total. The van der Waals surface area contributed by atoms with E-state index in [2.05, 4.69) is 18.3 Å². The number of thiophene rings is 1. The molecule has 0 aromatic carbocycles. The number of aliphatic hydroxyl groups is 1. The number of rotatable bonds is 4. The van der Waals surface area contributed by atoms with Gasteiger partial charge in [0.2, 0.25) is 0 Å². The second-order valence-corrected chi connectivity index (χ2v) is 5.87. The van der Waals surface area contributed by atoms with E-state index in [4.69, 9.17) is 16.7 Å². The van der Waals surface area contributed by atoms with Crippen molar-refractivity contribution in [2.45, 2.75) is 38.3 Å². The largest absolute Gasteiger partial charge is 0.396 e. The maximum atomic E-state index is 8.85. The van der Waals surface area contributed by atoms with Crippen molar-refractivity contribution < 1.29 is 5.11 Å². The zero-order chi connectivity index (χ0) is 10.8. The van der Waals surface area contributed by atoms with Crippen LogP contribution in [0.15, 0.2) is 6.07 Å². The highest BCUT2D eigenvalue weighted by atomic mass is 35.5. The highest BCUT2D eigenvalue weighted by molar-refractivity contribution is 7.16. The van der Waals surface area contributed by atoms with Crippen molar-refractivity contribution in [2.75, 3.05) is 6.61 Å². The molecule has 1 aromatic heterocycles. The molecule has 1 heterocycles. The van der Waals surface area contributed by atoms with Gasteiger partial charge in [0.15, 0.2) is 0 Å². The molecule has 1 unspecified atom stereocenters. The van der Waals surface area contributed by atoms with E-state index >= 15 is 0 Å². The van der Waals surface area contributed by atoms with Crippen LogP contribution in [-0.4, -0.2) is 17.8 Å². The van der Waals surface area contributed by atoms with Gasteiger partial charge >= 0.3 is 0 Å². The average molecular weight is 246 g/mol. The van der Waals surface area contributed by atoms with Crippen LogP contribution in [-0.2, 0) is 6.42 Å². The van der Waals surface area contributed by atoms with Crippen molar-refractivity contribution in [3.8, 4) is 0 Å². The Morgan fingerprint density at radius 1 is 1.73 bits per heavy atom. The SMILES string of the molecule is C[C@H](CCO)NC1CCc2sc(Cl)cc21. The third kappa shape index (κ3) is 2.53. The Bertz CT molecular complexity index is 339. The Hall–Kier alpha value is -0.0900. The quantitative estimate of drug-likeness (QED) is 0.855. The minimum Gasteiger partial charge on any atom is -0.396 e. The lowest BCUT2D eigenvalue weighted by atomic mass is 10.1. The number of aliphatic hydroxyl groups excluding tert-OH is 1. The predicted molar refractivity (Wildman–Crippen MR) is 64.7 cm³/mol. The Morgan fingerprint density at radius 2 is 2.53 bits per heavy atom. The van der Waals surface area contributed by atoms with Crippen LogP contribution in [0.3, 0.4) is 0 Å². The van der Waals surface area contributed by atoms with Gasteiger partial charge in [-0.05, 0) is 37.8 Å². The molecular formula is C11H16ClNOS. The summed E-state index contributed by atoms with van der Waals surface area (Å²) in [4.78, 5) is 1.42. The van der Waals surface area contributed by atoms with Crippen molar-refractivity contribution in [1.82, 2.24) is 5.32 Å². The van der Waals surface area contributed by atoms with Gasteiger partial charge in [0.1, 0.15) is 0 Å². The first-order chi connectivity index (χ1) is 7.20. The fourth-order valence-corrected chi connectivity index (χ4v) is 3.48. The van der Waals surface area contributed by atoms with E-state index in [1.807, 2.05) is 0 Å². The molecule has 0 spiro atoms. The van der Waals surface area contributed by atoms with Gasteiger partial charge in [-0.2, -0.15) is 0 Å². The monoisotopic (exact) mass is 245 g/mol. The van der Waals surface area contributed by atoms with Crippen molar-refractivity contribution in [1.29, 1.82) is 0 Å². The smallest absolute Gasteiger partial charge is 0.0934 e. The van der Waals surface area contributed by atoms with Gasteiger partial charge in [-0.1, -0.05) is 11.6 Å². The highest BCUT2D eigenvalue weighted by Gasteiger charge is 2.25. The van der Waals surface area contributed by atoms with Gasteiger partial charge in [-0.25, -0.2) is 0 Å². The first-order valence-corrected chi connectivity index (χ1v) is 6.55. The van der Waals surface area contributed by atoms with E-state index in [-0.39, 0.29) is 6.61 Å². The van der Waals surface area contributed by atoms with E-state index in [9.17, 15) is 0 Å². The van der Waals surface area contributed by atoms with Gasteiger partial charge in [-0.15, -0.1) is 11.3 Å². The third-order valence-corrected chi connectivity index (χ3v) is 4.23. The molecule has 0 radical (unpaired) electrons. The molecule has 1 aromatic rings. The number of nitrogens with one attached hydrogen (secondary N) is 1. The molecule has 1 aliphatic rings. The Balaban J connectivity index is 2.00. The molecule has 4 heteroatoms. The lowest BCUT2D eigenvalue weighted by Gasteiger charge is -2.18. The summed E-state index contributed by atoms with van der Waals surface area (Å²) in [7, 11) is 0. The van der Waals surface area contributed by atoms with Crippen LogP contribution in [0, 0.1) is 0 Å². The van der Waals surface area contributed by atoms with Crippen molar-refractivity contribution in [3.05, 3.63) is 20.8 Å². The van der Waals surface area contributed by atoms with Gasteiger partial charge in [0.05, 0.1) is 4.34 Å². The lowest BCUT2D eigenvalue weighted by Crippen LogP contribution is -2.29. The van der Waals surface area contributed by atoms with Gasteiger partial charge in [-0.3, -0.25) is 0 Å². The van der Waals surface area contributed by atoms with E-state index in [0.29, 0.717) is 12.1 Å². The molecule has 84 valence electrons. The summed E-state index contributed by atoms with van der Waals surface area (Å²) in [6.07, 6.45) is 3.11. The summed E-state index contributed by atoms with van der Waals surface area (Å²) in [5.41, 5.74) is 1.37. The summed E-state index contributed by atoms with van der Waals surface area (Å²) in [6.45, 7) is 2.36. The van der Waals surface area contributed by atoms with Crippen molar-refractivity contribution in [2.24, 2.45) is 0 Å². The number of fused-ring (bicyclic) bond motifs is 1. The van der Waals surface area contributed by atoms with Crippen LogP contribution >= 0.6 is 22.9 Å². The first kappa shape index (κ1) is 11.4. The van der Waals surface area contributed by atoms with Crippen molar-refractivity contribution >= 4 is 22.9 Å². The second kappa shape index (κ2) is 4.83. The summed E-state index contributed by atoms with van der Waals surface area (Å²) >= 11 is 7.69.